The molecule has 0 radical (unpaired) electrons. The smallest absolute Gasteiger partial charge is 0.262 e. The third-order valence-electron chi connectivity index (χ3n) is 11.3. The van der Waals surface area contributed by atoms with E-state index >= 15 is 0 Å². The van der Waals surface area contributed by atoms with Crippen molar-refractivity contribution in [3.63, 3.8) is 0 Å². The van der Waals surface area contributed by atoms with Gasteiger partial charge in [-0.25, -0.2) is 4.21 Å². The number of hydrogen-bond acceptors (Lipinski definition) is 6. The second-order valence-electron chi connectivity index (χ2n) is 14.7. The lowest BCUT2D eigenvalue weighted by molar-refractivity contribution is -0.137. The molecule has 6 rings (SSSR count). The van der Waals surface area contributed by atoms with Gasteiger partial charge in [-0.1, -0.05) is 36.7 Å². The SMILES string of the molecule is C=S1(=O)NC(=O)c2ccc3c(c2)N(C[C@@H]2CC[C@H]2[C@@](O)(CC(=O)N(C)C)/C=C/C[C@H](C)[C@H]1C)C[C@@]1(CCCc2cc(Cl)ccc21)CO3. The van der Waals surface area contributed by atoms with E-state index in [1.165, 1.54) is 16.0 Å². The molecular weight excluding hydrogens is 634 g/mol. The number of benzene rings is 2. The number of fused-ring (bicyclic) bond motifs is 4. The molecular formula is C37H48ClN3O5S. The normalized spacial score (nSPS) is 34.5. The number of aryl methyl sites for hydroxylation is 1. The van der Waals surface area contributed by atoms with Crippen LogP contribution in [0.15, 0.2) is 48.6 Å². The zero-order chi connectivity index (χ0) is 33.7. The van der Waals surface area contributed by atoms with Crippen molar-refractivity contribution < 1.29 is 23.6 Å². The zero-order valence-electron chi connectivity index (χ0n) is 28.0. The number of hydrogen-bond donors (Lipinski definition) is 2. The van der Waals surface area contributed by atoms with Gasteiger partial charge < -0.3 is 19.6 Å². The van der Waals surface area contributed by atoms with Crippen molar-refractivity contribution in [3.8, 4) is 5.75 Å². The standard InChI is InChI=1S/C37H48ClN3O5S/c1-24-8-6-17-37(44,20-34(42)40(3)4)31-13-10-28(31)21-41-22-36(16-7-9-26-18-29(38)12-14-30(26)36)23-46-33-15-11-27(19-32(33)41)35(43)39-47(5,45)25(24)2/h6,11-12,14-15,17-19,24-25,28,31,44H,5,7-10,13,16,20-23H2,1-4H3,(H,39,43,45)/b17-6+/t24-,25+,28-,31+,36-,37-,47?/m0/s1. The summed E-state index contributed by atoms with van der Waals surface area (Å²) in [5, 5.41) is 12.6. The lowest BCUT2D eigenvalue weighted by Crippen LogP contribution is -2.53. The second-order valence-corrected chi connectivity index (χ2v) is 17.5. The number of halogens is 1. The molecule has 2 aromatic rings. The molecule has 1 spiro atoms. The first-order valence-corrected chi connectivity index (χ1v) is 19.0. The summed E-state index contributed by atoms with van der Waals surface area (Å²) in [5.74, 6) is 3.97. The van der Waals surface area contributed by atoms with Gasteiger partial charge >= 0.3 is 0 Å². The molecule has 4 aliphatic rings. The quantitative estimate of drug-likeness (QED) is 0.326. The highest BCUT2D eigenvalue weighted by Gasteiger charge is 2.49. The van der Waals surface area contributed by atoms with Gasteiger partial charge in [0.15, 0.2) is 0 Å². The van der Waals surface area contributed by atoms with Crippen molar-refractivity contribution >= 4 is 44.7 Å². The van der Waals surface area contributed by atoms with Gasteiger partial charge in [-0.2, -0.15) is 0 Å². The maximum absolute atomic E-state index is 13.8. The average molecular weight is 682 g/mol. The summed E-state index contributed by atoms with van der Waals surface area (Å²) in [6, 6.07) is 11.6. The largest absolute Gasteiger partial charge is 0.490 e. The number of allylic oxidation sites excluding steroid dienone is 1. The molecule has 47 heavy (non-hydrogen) atoms. The Labute approximate surface area is 284 Å². The van der Waals surface area contributed by atoms with E-state index in [1.807, 2.05) is 44.2 Å². The van der Waals surface area contributed by atoms with Gasteiger partial charge in [0.1, 0.15) is 5.75 Å². The number of nitrogens with zero attached hydrogens (tertiary/aromatic N) is 2. The maximum atomic E-state index is 13.8. The monoisotopic (exact) mass is 681 g/mol. The Morgan fingerprint density at radius 1 is 1.21 bits per heavy atom. The van der Waals surface area contributed by atoms with Crippen molar-refractivity contribution in [1.82, 2.24) is 9.62 Å². The molecule has 254 valence electrons. The molecule has 2 bridgehead atoms. The molecule has 2 aromatic carbocycles. The summed E-state index contributed by atoms with van der Waals surface area (Å²) in [4.78, 5) is 30.6. The van der Waals surface area contributed by atoms with E-state index in [-0.39, 0.29) is 35.5 Å². The Bertz CT molecular complexity index is 1690. The fourth-order valence-corrected chi connectivity index (χ4v) is 9.73. The first-order valence-electron chi connectivity index (χ1n) is 16.8. The molecule has 2 N–H and O–H groups in total. The molecule has 2 aliphatic heterocycles. The number of rotatable bonds is 2. The van der Waals surface area contributed by atoms with Gasteiger partial charge in [0.2, 0.25) is 5.91 Å². The Balaban J connectivity index is 1.45. The van der Waals surface area contributed by atoms with Gasteiger partial charge in [0.05, 0.1) is 34.0 Å². The lowest BCUT2D eigenvalue weighted by atomic mass is 9.63. The minimum absolute atomic E-state index is 0.00828. The van der Waals surface area contributed by atoms with Crippen molar-refractivity contribution in [1.29, 1.82) is 0 Å². The van der Waals surface area contributed by atoms with Crippen LogP contribution >= 0.6 is 11.6 Å². The number of amides is 2. The van der Waals surface area contributed by atoms with E-state index in [1.54, 1.807) is 20.2 Å². The fraction of sp³-hybridized carbons (Fsp3) is 0.541. The van der Waals surface area contributed by atoms with Gasteiger partial charge in [-0.05, 0) is 111 Å². The van der Waals surface area contributed by atoms with Crippen LogP contribution in [0.5, 0.6) is 5.75 Å². The van der Waals surface area contributed by atoms with Crippen molar-refractivity contribution in [2.45, 2.75) is 75.1 Å². The van der Waals surface area contributed by atoms with Crippen LogP contribution in [0.25, 0.3) is 0 Å². The summed E-state index contributed by atoms with van der Waals surface area (Å²) in [6.45, 7) is 5.58. The number of carbonyl (C=O) groups excluding carboxylic acids is 2. The number of ether oxygens (including phenoxy) is 1. The Morgan fingerprint density at radius 3 is 2.72 bits per heavy atom. The van der Waals surface area contributed by atoms with Gasteiger partial charge in [-0.15, -0.1) is 0 Å². The topological polar surface area (TPSA) is 99.2 Å². The summed E-state index contributed by atoms with van der Waals surface area (Å²) in [6.07, 6.45) is 8.87. The summed E-state index contributed by atoms with van der Waals surface area (Å²) >= 11 is 6.44. The molecule has 2 amide bonds. The van der Waals surface area contributed by atoms with Crippen molar-refractivity contribution in [2.75, 3.05) is 38.7 Å². The molecule has 1 saturated carbocycles. The molecule has 2 heterocycles. The highest BCUT2D eigenvalue weighted by Crippen LogP contribution is 2.49. The van der Waals surface area contributed by atoms with E-state index in [0.29, 0.717) is 37.4 Å². The van der Waals surface area contributed by atoms with E-state index < -0.39 is 26.5 Å². The predicted molar refractivity (Wildman–Crippen MR) is 190 cm³/mol. The number of anilines is 1. The van der Waals surface area contributed by atoms with Crippen LogP contribution in [-0.4, -0.2) is 76.5 Å². The summed E-state index contributed by atoms with van der Waals surface area (Å²) in [7, 11) is 0.413. The van der Waals surface area contributed by atoms with Crippen LogP contribution in [0.3, 0.4) is 0 Å². The predicted octanol–water partition coefficient (Wildman–Crippen LogP) is 5.39. The van der Waals surface area contributed by atoms with Crippen LogP contribution in [0.4, 0.5) is 5.69 Å². The number of aliphatic hydroxyl groups is 1. The highest BCUT2D eigenvalue weighted by molar-refractivity contribution is 7.99. The molecule has 7 atom stereocenters. The number of nitrogens with one attached hydrogen (secondary N) is 1. The third-order valence-corrected chi connectivity index (χ3v) is 13.8. The van der Waals surface area contributed by atoms with Gasteiger partial charge in [0, 0.05) is 48.4 Å². The molecule has 1 unspecified atom stereocenters. The molecule has 0 aromatic heterocycles. The summed E-state index contributed by atoms with van der Waals surface area (Å²) < 4.78 is 23.2. The van der Waals surface area contributed by atoms with Crippen LogP contribution < -0.4 is 14.4 Å². The molecule has 8 nitrogen and oxygen atoms in total. The lowest BCUT2D eigenvalue weighted by Gasteiger charge is -2.49. The highest BCUT2D eigenvalue weighted by atomic mass is 35.5. The van der Waals surface area contributed by atoms with Crippen LogP contribution in [0, 0.1) is 17.8 Å². The Morgan fingerprint density at radius 2 is 2.00 bits per heavy atom. The van der Waals surface area contributed by atoms with Crippen LogP contribution in [0.1, 0.15) is 73.9 Å². The van der Waals surface area contributed by atoms with Crippen LogP contribution in [-0.2, 0) is 26.3 Å². The molecule has 1 fully saturated rings. The molecule has 0 saturated heterocycles. The van der Waals surface area contributed by atoms with Gasteiger partial charge in [0.25, 0.3) is 5.91 Å². The minimum Gasteiger partial charge on any atom is -0.490 e. The average Bonchev–Trinajstić information content (AvgIpc) is 3.14. The maximum Gasteiger partial charge on any atom is 0.262 e. The van der Waals surface area contributed by atoms with Crippen molar-refractivity contribution in [3.05, 3.63) is 70.3 Å². The van der Waals surface area contributed by atoms with E-state index in [9.17, 15) is 18.9 Å². The first kappa shape index (κ1) is 33.9. The number of carbonyl (C=O) groups is 2. The van der Waals surface area contributed by atoms with Crippen molar-refractivity contribution in [2.24, 2.45) is 17.8 Å². The van der Waals surface area contributed by atoms with E-state index in [4.69, 9.17) is 16.3 Å². The molecule has 2 aliphatic carbocycles. The Hall–Kier alpha value is -3.01. The van der Waals surface area contributed by atoms with E-state index in [0.717, 1.165) is 42.8 Å². The molecule has 10 heteroatoms. The van der Waals surface area contributed by atoms with E-state index in [2.05, 4.69) is 27.6 Å². The fourth-order valence-electron chi connectivity index (χ4n) is 8.06. The zero-order valence-corrected chi connectivity index (χ0v) is 29.5. The third kappa shape index (κ3) is 6.55. The first-order chi connectivity index (χ1) is 22.2. The minimum atomic E-state index is -3.02. The summed E-state index contributed by atoms with van der Waals surface area (Å²) in [5.41, 5.74) is 2.05. The van der Waals surface area contributed by atoms with Gasteiger partial charge in [-0.3, -0.25) is 14.3 Å². The second kappa shape index (κ2) is 12.8. The van der Waals surface area contributed by atoms with Crippen LogP contribution in [0.2, 0.25) is 5.02 Å². The Kier molecular flexibility index (Phi) is 9.22.